The van der Waals surface area contributed by atoms with Crippen LogP contribution in [0.2, 0.25) is 0 Å². The van der Waals surface area contributed by atoms with E-state index in [1.807, 2.05) is 23.1 Å². The maximum Gasteiger partial charge on any atom is 0.253 e. The highest BCUT2D eigenvalue weighted by Gasteiger charge is 2.20. The summed E-state index contributed by atoms with van der Waals surface area (Å²) in [6, 6.07) is 12.5. The fourth-order valence-electron chi connectivity index (χ4n) is 4.91. The fourth-order valence-corrected chi connectivity index (χ4v) is 4.91. The smallest absolute Gasteiger partial charge is 0.253 e. The Labute approximate surface area is 203 Å². The van der Waals surface area contributed by atoms with Crippen molar-refractivity contribution in [1.29, 1.82) is 0 Å². The number of imidazole rings is 1. The number of amides is 1. The van der Waals surface area contributed by atoms with E-state index in [1.165, 1.54) is 24.0 Å². The SMILES string of the molecule is CC(C)CN(CC(C)C)C(=O)c1ccc2nc(Nc3ccc4c(c3)CCC4)n(CCCN)c2c1. The van der Waals surface area contributed by atoms with Gasteiger partial charge in [0, 0.05) is 30.9 Å². The molecule has 3 aromatic rings. The molecule has 0 bridgehead atoms. The topological polar surface area (TPSA) is 76.2 Å². The maximum atomic E-state index is 13.5. The van der Waals surface area contributed by atoms with Gasteiger partial charge in [0.2, 0.25) is 5.95 Å². The van der Waals surface area contributed by atoms with Gasteiger partial charge in [-0.05, 0) is 85.5 Å². The Kier molecular flexibility index (Phi) is 7.57. The normalized spacial score (nSPS) is 13.1. The first kappa shape index (κ1) is 24.3. The van der Waals surface area contributed by atoms with Crippen LogP contribution in [0, 0.1) is 11.8 Å². The maximum absolute atomic E-state index is 13.5. The number of hydrogen-bond donors (Lipinski definition) is 2. The van der Waals surface area contributed by atoms with Gasteiger partial charge in [-0.25, -0.2) is 4.98 Å². The van der Waals surface area contributed by atoms with E-state index in [0.717, 1.165) is 55.1 Å². The number of carbonyl (C=O) groups excluding carboxylic acids is 1. The molecule has 0 aliphatic heterocycles. The van der Waals surface area contributed by atoms with E-state index in [0.29, 0.717) is 23.9 Å². The molecule has 4 rings (SSSR count). The molecule has 0 saturated heterocycles. The fraction of sp³-hybridized carbons (Fsp3) is 0.500. The highest BCUT2D eigenvalue weighted by Crippen LogP contribution is 2.29. The van der Waals surface area contributed by atoms with Crippen LogP contribution in [-0.2, 0) is 19.4 Å². The quantitative estimate of drug-likeness (QED) is 0.425. The second kappa shape index (κ2) is 10.6. The van der Waals surface area contributed by atoms with Crippen molar-refractivity contribution in [3.63, 3.8) is 0 Å². The first-order valence-electron chi connectivity index (χ1n) is 12.7. The molecule has 1 aliphatic rings. The zero-order valence-corrected chi connectivity index (χ0v) is 21.1. The van der Waals surface area contributed by atoms with Crippen LogP contribution in [0.25, 0.3) is 11.0 Å². The van der Waals surface area contributed by atoms with Crippen LogP contribution in [-0.4, -0.2) is 40.0 Å². The van der Waals surface area contributed by atoms with Gasteiger partial charge in [0.05, 0.1) is 11.0 Å². The molecule has 6 nitrogen and oxygen atoms in total. The molecule has 2 aromatic carbocycles. The third kappa shape index (κ3) is 5.44. The van der Waals surface area contributed by atoms with E-state index in [9.17, 15) is 4.79 Å². The largest absolute Gasteiger partial charge is 0.338 e. The number of hydrogen-bond acceptors (Lipinski definition) is 4. The summed E-state index contributed by atoms with van der Waals surface area (Å²) in [5.41, 5.74) is 12.4. The second-order valence-electron chi connectivity index (χ2n) is 10.4. The molecule has 6 heteroatoms. The van der Waals surface area contributed by atoms with E-state index in [2.05, 4.69) is 55.8 Å². The van der Waals surface area contributed by atoms with E-state index < -0.39 is 0 Å². The van der Waals surface area contributed by atoms with Gasteiger partial charge in [-0.3, -0.25) is 4.79 Å². The summed E-state index contributed by atoms with van der Waals surface area (Å²) in [6.07, 6.45) is 4.39. The lowest BCUT2D eigenvalue weighted by Crippen LogP contribution is -2.37. The van der Waals surface area contributed by atoms with Crippen molar-refractivity contribution >= 4 is 28.6 Å². The first-order chi connectivity index (χ1) is 16.4. The Morgan fingerprint density at radius 2 is 1.79 bits per heavy atom. The molecule has 1 amide bonds. The van der Waals surface area contributed by atoms with Gasteiger partial charge < -0.3 is 20.5 Å². The van der Waals surface area contributed by atoms with Crippen molar-refractivity contribution in [2.75, 3.05) is 25.0 Å². The van der Waals surface area contributed by atoms with Gasteiger partial charge in [-0.1, -0.05) is 33.8 Å². The van der Waals surface area contributed by atoms with Gasteiger partial charge in [0.15, 0.2) is 0 Å². The van der Waals surface area contributed by atoms with Crippen molar-refractivity contribution in [2.45, 2.75) is 59.9 Å². The Balaban J connectivity index is 1.67. The van der Waals surface area contributed by atoms with Crippen LogP contribution >= 0.6 is 0 Å². The number of aromatic nitrogens is 2. The van der Waals surface area contributed by atoms with E-state index in [1.54, 1.807) is 0 Å². The molecular formula is C28H39N5O. The zero-order chi connectivity index (χ0) is 24.2. The zero-order valence-electron chi connectivity index (χ0n) is 21.1. The minimum Gasteiger partial charge on any atom is -0.338 e. The standard InChI is InChI=1S/C28H39N5O/c1-19(2)17-32(18-20(3)4)27(34)23-10-12-25-26(16-23)33(14-6-13-29)28(31-25)30-24-11-9-21-7-5-8-22(21)15-24/h9-12,15-16,19-20H,5-8,13-14,17-18,29H2,1-4H3,(H,30,31). The van der Waals surface area contributed by atoms with Crippen molar-refractivity contribution in [3.8, 4) is 0 Å². The van der Waals surface area contributed by atoms with E-state index in [-0.39, 0.29) is 5.91 Å². The summed E-state index contributed by atoms with van der Waals surface area (Å²) in [5.74, 6) is 1.73. The number of rotatable bonds is 10. The van der Waals surface area contributed by atoms with Crippen LogP contribution in [0.5, 0.6) is 0 Å². The second-order valence-corrected chi connectivity index (χ2v) is 10.4. The van der Waals surface area contributed by atoms with Crippen LogP contribution < -0.4 is 11.1 Å². The molecular weight excluding hydrogens is 422 g/mol. The summed E-state index contributed by atoms with van der Waals surface area (Å²) in [6.45, 7) is 11.5. The third-order valence-electron chi connectivity index (χ3n) is 6.39. The predicted molar refractivity (Wildman–Crippen MR) is 141 cm³/mol. The highest BCUT2D eigenvalue weighted by atomic mass is 16.2. The molecule has 1 heterocycles. The third-order valence-corrected chi connectivity index (χ3v) is 6.39. The van der Waals surface area contributed by atoms with Gasteiger partial charge in [-0.15, -0.1) is 0 Å². The number of anilines is 2. The lowest BCUT2D eigenvalue weighted by Gasteiger charge is -2.26. The number of fused-ring (bicyclic) bond motifs is 2. The van der Waals surface area contributed by atoms with Crippen LogP contribution in [0.4, 0.5) is 11.6 Å². The summed E-state index contributed by atoms with van der Waals surface area (Å²) in [7, 11) is 0. The van der Waals surface area contributed by atoms with E-state index in [4.69, 9.17) is 10.7 Å². The highest BCUT2D eigenvalue weighted by molar-refractivity contribution is 5.98. The molecule has 34 heavy (non-hydrogen) atoms. The number of nitrogens with two attached hydrogens (primary N) is 1. The monoisotopic (exact) mass is 461 g/mol. The van der Waals surface area contributed by atoms with Gasteiger partial charge in [-0.2, -0.15) is 0 Å². The van der Waals surface area contributed by atoms with Crippen LogP contribution in [0.1, 0.15) is 62.0 Å². The van der Waals surface area contributed by atoms with Crippen molar-refractivity contribution in [3.05, 3.63) is 53.1 Å². The Hall–Kier alpha value is -2.86. The lowest BCUT2D eigenvalue weighted by molar-refractivity contribution is 0.0715. The molecule has 3 N–H and O–H groups in total. The minimum atomic E-state index is 0.0870. The van der Waals surface area contributed by atoms with Crippen LogP contribution in [0.3, 0.4) is 0 Å². The Bertz CT molecular complexity index is 1140. The molecule has 0 unspecified atom stereocenters. The van der Waals surface area contributed by atoms with E-state index >= 15 is 0 Å². The Morgan fingerprint density at radius 1 is 1.06 bits per heavy atom. The summed E-state index contributed by atoms with van der Waals surface area (Å²) < 4.78 is 2.17. The van der Waals surface area contributed by atoms with Crippen LogP contribution in [0.15, 0.2) is 36.4 Å². The summed E-state index contributed by atoms with van der Waals surface area (Å²) in [5, 5.41) is 3.54. The summed E-state index contributed by atoms with van der Waals surface area (Å²) >= 11 is 0. The van der Waals surface area contributed by atoms with Crippen molar-refractivity contribution < 1.29 is 4.79 Å². The molecule has 182 valence electrons. The number of aryl methyl sites for hydroxylation is 3. The average Bonchev–Trinajstić information content (AvgIpc) is 3.39. The van der Waals surface area contributed by atoms with Crippen molar-refractivity contribution in [1.82, 2.24) is 14.5 Å². The molecule has 0 radical (unpaired) electrons. The van der Waals surface area contributed by atoms with Crippen molar-refractivity contribution in [2.24, 2.45) is 17.6 Å². The summed E-state index contributed by atoms with van der Waals surface area (Å²) in [4.78, 5) is 20.3. The number of nitrogens with zero attached hydrogens (tertiary/aromatic N) is 3. The molecule has 1 aromatic heterocycles. The number of carbonyl (C=O) groups is 1. The molecule has 0 saturated carbocycles. The first-order valence-corrected chi connectivity index (χ1v) is 12.7. The molecule has 1 aliphatic carbocycles. The minimum absolute atomic E-state index is 0.0870. The lowest BCUT2D eigenvalue weighted by atomic mass is 10.1. The van der Waals surface area contributed by atoms with Gasteiger partial charge in [0.25, 0.3) is 5.91 Å². The molecule has 0 spiro atoms. The average molecular weight is 462 g/mol. The molecule has 0 fully saturated rings. The Morgan fingerprint density at radius 3 is 2.50 bits per heavy atom. The molecule has 0 atom stereocenters. The predicted octanol–water partition coefficient (Wildman–Crippen LogP) is 5.37. The number of nitrogens with one attached hydrogen (secondary N) is 1. The number of benzene rings is 2. The van der Waals surface area contributed by atoms with Gasteiger partial charge >= 0.3 is 0 Å². The van der Waals surface area contributed by atoms with Gasteiger partial charge in [0.1, 0.15) is 0 Å².